The average molecular weight is 285 g/mol. The van der Waals surface area contributed by atoms with Gasteiger partial charge in [0.15, 0.2) is 0 Å². The highest BCUT2D eigenvalue weighted by Crippen LogP contribution is 2.46. The molecule has 1 aromatic carbocycles. The van der Waals surface area contributed by atoms with Crippen LogP contribution < -0.4 is 0 Å². The minimum Gasteiger partial charge on any atom is -0.386 e. The number of aromatic nitrogens is 1. The Morgan fingerprint density at radius 3 is 2.52 bits per heavy atom. The van der Waals surface area contributed by atoms with E-state index < -0.39 is 11.2 Å². The molecule has 0 bridgehead atoms. The standard InChI is InChI=1S/C18H23NO2/c1-16(2)12-18(20,17(3,4)21-16)11-13-9-10-19-15-8-6-5-7-14(13)15/h5-10,20H,11-12H2,1-4H3. The van der Waals surface area contributed by atoms with Crippen LogP contribution in [0.2, 0.25) is 0 Å². The maximum atomic E-state index is 11.2. The van der Waals surface area contributed by atoms with Crippen molar-refractivity contribution in [3.63, 3.8) is 0 Å². The predicted octanol–water partition coefficient (Wildman–Crippen LogP) is 3.49. The molecular formula is C18H23NO2. The summed E-state index contributed by atoms with van der Waals surface area (Å²) in [5.41, 5.74) is 0.342. The molecule has 1 unspecified atom stereocenters. The van der Waals surface area contributed by atoms with Crippen molar-refractivity contribution in [2.24, 2.45) is 0 Å². The Morgan fingerprint density at radius 2 is 1.86 bits per heavy atom. The molecule has 0 aliphatic carbocycles. The first kappa shape index (κ1) is 14.5. The van der Waals surface area contributed by atoms with E-state index in [4.69, 9.17) is 4.74 Å². The smallest absolute Gasteiger partial charge is 0.0998 e. The molecular weight excluding hydrogens is 262 g/mol. The van der Waals surface area contributed by atoms with Crippen molar-refractivity contribution in [1.82, 2.24) is 4.98 Å². The zero-order chi connectivity index (χ0) is 15.3. The van der Waals surface area contributed by atoms with Gasteiger partial charge >= 0.3 is 0 Å². The fraction of sp³-hybridized carbons (Fsp3) is 0.500. The van der Waals surface area contributed by atoms with E-state index >= 15 is 0 Å². The molecule has 2 heterocycles. The van der Waals surface area contributed by atoms with E-state index in [1.54, 1.807) is 0 Å². The maximum Gasteiger partial charge on any atom is 0.0998 e. The SMILES string of the molecule is CC1(C)CC(O)(Cc2ccnc3ccccc23)C(C)(C)O1. The molecule has 1 aliphatic rings. The fourth-order valence-electron chi connectivity index (χ4n) is 3.64. The second kappa shape index (κ2) is 4.52. The number of ether oxygens (including phenoxy) is 1. The quantitative estimate of drug-likeness (QED) is 0.918. The van der Waals surface area contributed by atoms with Crippen LogP contribution in [0.5, 0.6) is 0 Å². The molecule has 0 saturated carbocycles. The number of pyridine rings is 1. The molecule has 3 heteroatoms. The molecule has 1 N–H and O–H groups in total. The van der Waals surface area contributed by atoms with Crippen LogP contribution in [0.4, 0.5) is 0 Å². The molecule has 1 saturated heterocycles. The number of para-hydroxylation sites is 1. The molecule has 1 atom stereocenters. The molecule has 112 valence electrons. The summed E-state index contributed by atoms with van der Waals surface area (Å²) in [4.78, 5) is 4.39. The Kier molecular flexibility index (Phi) is 3.12. The first-order chi connectivity index (χ1) is 9.73. The first-order valence-electron chi connectivity index (χ1n) is 7.48. The third-order valence-corrected chi connectivity index (χ3v) is 4.59. The maximum absolute atomic E-state index is 11.2. The molecule has 1 aliphatic heterocycles. The van der Waals surface area contributed by atoms with Gasteiger partial charge in [-0.05, 0) is 45.4 Å². The second-order valence-electron chi connectivity index (χ2n) is 7.24. The molecule has 3 nitrogen and oxygen atoms in total. The van der Waals surface area contributed by atoms with Crippen molar-refractivity contribution < 1.29 is 9.84 Å². The Balaban J connectivity index is 2.02. The van der Waals surface area contributed by atoms with E-state index in [0.717, 1.165) is 16.5 Å². The monoisotopic (exact) mass is 285 g/mol. The fourth-order valence-corrected chi connectivity index (χ4v) is 3.64. The van der Waals surface area contributed by atoms with Gasteiger partial charge in [0.25, 0.3) is 0 Å². The van der Waals surface area contributed by atoms with Crippen molar-refractivity contribution >= 4 is 10.9 Å². The molecule has 0 spiro atoms. The third kappa shape index (κ3) is 2.45. The minimum atomic E-state index is -0.874. The van der Waals surface area contributed by atoms with Crippen molar-refractivity contribution in [2.75, 3.05) is 0 Å². The first-order valence-corrected chi connectivity index (χ1v) is 7.48. The van der Waals surface area contributed by atoms with Gasteiger partial charge in [0.1, 0.15) is 0 Å². The molecule has 21 heavy (non-hydrogen) atoms. The zero-order valence-electron chi connectivity index (χ0n) is 13.2. The van der Waals surface area contributed by atoms with Crippen LogP contribution in [0, 0.1) is 0 Å². The van der Waals surface area contributed by atoms with Gasteiger partial charge < -0.3 is 9.84 Å². The number of aliphatic hydroxyl groups is 1. The largest absolute Gasteiger partial charge is 0.386 e. The van der Waals surface area contributed by atoms with Crippen LogP contribution in [0.1, 0.15) is 39.7 Å². The number of fused-ring (bicyclic) bond motifs is 1. The molecule has 3 rings (SSSR count). The Bertz CT molecular complexity index is 672. The molecule has 1 fully saturated rings. The highest BCUT2D eigenvalue weighted by atomic mass is 16.5. The summed E-state index contributed by atoms with van der Waals surface area (Å²) in [7, 11) is 0. The number of benzene rings is 1. The van der Waals surface area contributed by atoms with Gasteiger partial charge in [-0.25, -0.2) is 0 Å². The Morgan fingerprint density at radius 1 is 1.14 bits per heavy atom. The number of hydrogen-bond acceptors (Lipinski definition) is 3. The van der Waals surface area contributed by atoms with Crippen LogP contribution >= 0.6 is 0 Å². The van der Waals surface area contributed by atoms with Crippen LogP contribution in [0.25, 0.3) is 10.9 Å². The zero-order valence-corrected chi connectivity index (χ0v) is 13.2. The van der Waals surface area contributed by atoms with E-state index in [2.05, 4.69) is 11.1 Å². The minimum absolute atomic E-state index is 0.304. The third-order valence-electron chi connectivity index (χ3n) is 4.59. The topological polar surface area (TPSA) is 42.4 Å². The number of hydrogen-bond donors (Lipinski definition) is 1. The average Bonchev–Trinajstić information content (AvgIpc) is 2.53. The van der Waals surface area contributed by atoms with Crippen LogP contribution in [0.15, 0.2) is 36.5 Å². The lowest BCUT2D eigenvalue weighted by Crippen LogP contribution is -2.48. The Labute approximate surface area is 126 Å². The van der Waals surface area contributed by atoms with Crippen LogP contribution in [0.3, 0.4) is 0 Å². The highest BCUT2D eigenvalue weighted by molar-refractivity contribution is 5.81. The van der Waals surface area contributed by atoms with E-state index in [9.17, 15) is 5.11 Å². The van der Waals surface area contributed by atoms with Gasteiger partial charge in [-0.15, -0.1) is 0 Å². The van der Waals surface area contributed by atoms with E-state index in [0.29, 0.717) is 12.8 Å². The van der Waals surface area contributed by atoms with E-state index in [1.165, 1.54) is 0 Å². The molecule has 1 aromatic heterocycles. The lowest BCUT2D eigenvalue weighted by atomic mass is 9.77. The van der Waals surface area contributed by atoms with Crippen molar-refractivity contribution in [2.45, 2.75) is 57.3 Å². The number of nitrogens with zero attached hydrogens (tertiary/aromatic N) is 1. The van der Waals surface area contributed by atoms with Gasteiger partial charge in [-0.3, -0.25) is 4.98 Å². The summed E-state index contributed by atoms with van der Waals surface area (Å²) in [5.74, 6) is 0. The van der Waals surface area contributed by atoms with Gasteiger partial charge in [0, 0.05) is 24.4 Å². The second-order valence-corrected chi connectivity index (χ2v) is 7.24. The van der Waals surface area contributed by atoms with Crippen molar-refractivity contribution in [1.29, 1.82) is 0 Å². The van der Waals surface area contributed by atoms with Gasteiger partial charge in [-0.2, -0.15) is 0 Å². The lowest BCUT2D eigenvalue weighted by Gasteiger charge is -2.35. The summed E-state index contributed by atoms with van der Waals surface area (Å²) >= 11 is 0. The lowest BCUT2D eigenvalue weighted by molar-refractivity contribution is -0.125. The summed E-state index contributed by atoms with van der Waals surface area (Å²) in [5, 5.41) is 12.3. The highest BCUT2D eigenvalue weighted by Gasteiger charge is 2.56. The summed E-state index contributed by atoms with van der Waals surface area (Å²) in [6.07, 6.45) is 3.02. The van der Waals surface area contributed by atoms with Gasteiger partial charge in [-0.1, -0.05) is 18.2 Å². The molecule has 0 radical (unpaired) electrons. The van der Waals surface area contributed by atoms with E-state index in [-0.39, 0.29) is 5.60 Å². The van der Waals surface area contributed by atoms with Crippen LogP contribution in [-0.4, -0.2) is 26.9 Å². The molecule has 2 aromatic rings. The summed E-state index contributed by atoms with van der Waals surface area (Å²) in [6, 6.07) is 10.1. The van der Waals surface area contributed by atoms with E-state index in [1.807, 2.05) is 58.2 Å². The van der Waals surface area contributed by atoms with Gasteiger partial charge in [0.05, 0.1) is 22.3 Å². The van der Waals surface area contributed by atoms with Crippen LogP contribution in [-0.2, 0) is 11.2 Å². The number of rotatable bonds is 2. The van der Waals surface area contributed by atoms with Crippen molar-refractivity contribution in [3.05, 3.63) is 42.1 Å². The molecule has 0 amide bonds. The normalized spacial score (nSPS) is 27.1. The summed E-state index contributed by atoms with van der Waals surface area (Å²) < 4.78 is 6.07. The Hall–Kier alpha value is -1.45. The van der Waals surface area contributed by atoms with Crippen molar-refractivity contribution in [3.8, 4) is 0 Å². The summed E-state index contributed by atoms with van der Waals surface area (Å²) in [6.45, 7) is 8.03. The van der Waals surface area contributed by atoms with Gasteiger partial charge in [0.2, 0.25) is 0 Å². The predicted molar refractivity (Wildman–Crippen MR) is 84.3 cm³/mol.